The summed E-state index contributed by atoms with van der Waals surface area (Å²) in [6.45, 7) is 3.33. The van der Waals surface area contributed by atoms with Gasteiger partial charge in [-0.15, -0.1) is 0 Å². The van der Waals surface area contributed by atoms with Crippen LogP contribution in [-0.2, 0) is 16.1 Å². The van der Waals surface area contributed by atoms with Crippen LogP contribution in [0.2, 0.25) is 0 Å². The first-order valence-corrected chi connectivity index (χ1v) is 19.7. The van der Waals surface area contributed by atoms with E-state index < -0.39 is 47.3 Å². The molecule has 2 spiro atoms. The minimum Gasteiger partial charge on any atom is -0.490 e. The Kier molecular flexibility index (Phi) is 9.20. The van der Waals surface area contributed by atoms with E-state index in [0.29, 0.717) is 51.1 Å². The normalized spacial score (nSPS) is 29.2. The van der Waals surface area contributed by atoms with E-state index in [9.17, 15) is 27.9 Å². The van der Waals surface area contributed by atoms with Gasteiger partial charge >= 0.3 is 12.1 Å². The molecule has 1 aromatic heterocycles. The fourth-order valence-electron chi connectivity index (χ4n) is 11.3. The van der Waals surface area contributed by atoms with Crippen molar-refractivity contribution < 1.29 is 41.4 Å². The molecule has 4 aliphatic carbocycles. The second-order valence-electron chi connectivity index (χ2n) is 17.8. The fraction of sp³-hybridized carbons (Fsp3) is 0.700. The Morgan fingerprint density at radius 2 is 1.72 bits per heavy atom. The SMILES string of the molecule is CC1CC2CC(C1)C(NC(=O)c1cnc(N3CC4(CCCCC4)c4cc(OC5CCC6(CC5)CN(CC(F)(F)F)C6)ccc43)nc1C(C)(F)F)(C(=O)O)C2. The zero-order chi connectivity index (χ0) is 38.3. The molecule has 6 aliphatic rings. The second kappa shape index (κ2) is 13.3. The van der Waals surface area contributed by atoms with Gasteiger partial charge in [0.05, 0.1) is 18.2 Å². The molecule has 2 bridgehead atoms. The number of hydrogen-bond acceptors (Lipinski definition) is 7. The number of anilines is 2. The highest BCUT2D eigenvalue weighted by Gasteiger charge is 2.57. The summed E-state index contributed by atoms with van der Waals surface area (Å²) < 4.78 is 75.8. The number of carboxylic acid groups (broad SMARTS) is 1. The van der Waals surface area contributed by atoms with E-state index in [0.717, 1.165) is 81.7 Å². The molecule has 5 fully saturated rings. The number of hydrogen-bond donors (Lipinski definition) is 2. The van der Waals surface area contributed by atoms with Gasteiger partial charge < -0.3 is 20.1 Å². The molecule has 294 valence electrons. The molecule has 54 heavy (non-hydrogen) atoms. The Balaban J connectivity index is 1.03. The Morgan fingerprint density at radius 3 is 2.39 bits per heavy atom. The van der Waals surface area contributed by atoms with Crippen molar-refractivity contribution >= 4 is 23.5 Å². The molecule has 1 amide bonds. The minimum absolute atomic E-state index is 0.0472. The number of nitrogens with zero attached hydrogens (tertiary/aromatic N) is 4. The van der Waals surface area contributed by atoms with Gasteiger partial charge in [-0.1, -0.05) is 26.2 Å². The summed E-state index contributed by atoms with van der Waals surface area (Å²) in [4.78, 5) is 38.7. The molecule has 1 aromatic carbocycles. The maximum atomic E-state index is 15.4. The third-order valence-corrected chi connectivity index (χ3v) is 13.7. The van der Waals surface area contributed by atoms with Crippen LogP contribution < -0.4 is 15.0 Å². The van der Waals surface area contributed by atoms with Gasteiger partial charge in [0.25, 0.3) is 11.8 Å². The first kappa shape index (κ1) is 37.4. The summed E-state index contributed by atoms with van der Waals surface area (Å²) in [6.07, 6.45) is 7.46. The summed E-state index contributed by atoms with van der Waals surface area (Å²) >= 11 is 0. The molecule has 2 N–H and O–H groups in total. The average Bonchev–Trinajstić information content (AvgIpc) is 3.53. The largest absolute Gasteiger partial charge is 0.490 e. The lowest BCUT2D eigenvalue weighted by Gasteiger charge is -2.53. The zero-order valence-electron chi connectivity index (χ0n) is 31.0. The van der Waals surface area contributed by atoms with Crippen LogP contribution in [0.5, 0.6) is 5.75 Å². The Morgan fingerprint density at radius 1 is 1.00 bits per heavy atom. The molecule has 4 unspecified atom stereocenters. The van der Waals surface area contributed by atoms with Gasteiger partial charge in [0.1, 0.15) is 17.0 Å². The Hall–Kier alpha value is -3.55. The summed E-state index contributed by atoms with van der Waals surface area (Å²) in [5.41, 5.74) is -1.18. The number of aromatic nitrogens is 2. The molecule has 8 rings (SSSR count). The highest BCUT2D eigenvalue weighted by atomic mass is 19.4. The molecule has 4 atom stereocenters. The number of rotatable bonds is 8. The van der Waals surface area contributed by atoms with Crippen LogP contribution >= 0.6 is 0 Å². The molecule has 14 heteroatoms. The second-order valence-corrected chi connectivity index (χ2v) is 17.8. The number of ether oxygens (including phenoxy) is 1. The highest BCUT2D eigenvalue weighted by Crippen LogP contribution is 2.54. The van der Waals surface area contributed by atoms with E-state index in [1.54, 1.807) is 0 Å². The summed E-state index contributed by atoms with van der Waals surface area (Å²) in [5.74, 6) is -4.61. The molecule has 2 aliphatic heterocycles. The Labute approximate surface area is 312 Å². The van der Waals surface area contributed by atoms with Crippen LogP contribution in [0, 0.1) is 23.2 Å². The number of aliphatic carboxylic acids is 1. The van der Waals surface area contributed by atoms with E-state index in [1.807, 2.05) is 17.0 Å². The molecule has 1 saturated heterocycles. The first-order chi connectivity index (χ1) is 25.5. The van der Waals surface area contributed by atoms with E-state index in [1.165, 1.54) is 4.90 Å². The third kappa shape index (κ3) is 6.82. The molecule has 9 nitrogen and oxygen atoms in total. The summed E-state index contributed by atoms with van der Waals surface area (Å²) in [6, 6.07) is 5.84. The van der Waals surface area contributed by atoms with Crippen LogP contribution in [0.3, 0.4) is 0 Å². The van der Waals surface area contributed by atoms with Crippen molar-refractivity contribution in [2.24, 2.45) is 23.2 Å². The van der Waals surface area contributed by atoms with E-state index in [-0.39, 0.29) is 41.1 Å². The topological polar surface area (TPSA) is 108 Å². The van der Waals surface area contributed by atoms with Crippen molar-refractivity contribution in [3.8, 4) is 5.75 Å². The number of carbonyl (C=O) groups is 2. The number of benzene rings is 1. The summed E-state index contributed by atoms with van der Waals surface area (Å²) in [7, 11) is 0. The first-order valence-electron chi connectivity index (χ1n) is 19.7. The lowest BCUT2D eigenvalue weighted by molar-refractivity contribution is -0.174. The van der Waals surface area contributed by atoms with Crippen molar-refractivity contribution in [1.82, 2.24) is 20.2 Å². The number of carboxylic acids is 1. The van der Waals surface area contributed by atoms with Gasteiger partial charge in [-0.2, -0.15) is 22.0 Å². The lowest BCUT2D eigenvalue weighted by Crippen LogP contribution is -2.60. The van der Waals surface area contributed by atoms with Gasteiger partial charge in [-0.3, -0.25) is 9.69 Å². The van der Waals surface area contributed by atoms with Crippen molar-refractivity contribution in [2.75, 3.05) is 31.1 Å². The van der Waals surface area contributed by atoms with Crippen LogP contribution in [0.15, 0.2) is 24.4 Å². The lowest BCUT2D eigenvalue weighted by atomic mass is 9.68. The highest BCUT2D eigenvalue weighted by molar-refractivity contribution is 5.99. The Bertz CT molecular complexity index is 1780. The van der Waals surface area contributed by atoms with Crippen molar-refractivity contribution in [1.29, 1.82) is 0 Å². The van der Waals surface area contributed by atoms with Gasteiger partial charge in [-0.05, 0) is 111 Å². The fourth-order valence-corrected chi connectivity index (χ4v) is 11.3. The maximum Gasteiger partial charge on any atom is 0.401 e. The van der Waals surface area contributed by atoms with E-state index in [4.69, 9.17) is 4.74 Å². The van der Waals surface area contributed by atoms with Gasteiger partial charge in [-0.25, -0.2) is 14.8 Å². The van der Waals surface area contributed by atoms with Crippen LogP contribution in [-0.4, -0.2) is 75.8 Å². The van der Waals surface area contributed by atoms with Crippen molar-refractivity contribution in [3.63, 3.8) is 0 Å². The number of carbonyl (C=O) groups excluding carboxylic acids is 1. The number of alkyl halides is 5. The van der Waals surface area contributed by atoms with Gasteiger partial charge in [0.15, 0.2) is 0 Å². The molecular weight excluding hydrogens is 709 g/mol. The molecule has 2 aromatic rings. The number of likely N-dealkylation sites (tertiary alicyclic amines) is 1. The van der Waals surface area contributed by atoms with Gasteiger partial charge in [0, 0.05) is 43.9 Å². The number of fused-ring (bicyclic) bond motifs is 4. The quantitative estimate of drug-likeness (QED) is 0.260. The van der Waals surface area contributed by atoms with E-state index in [2.05, 4.69) is 28.3 Å². The summed E-state index contributed by atoms with van der Waals surface area (Å²) in [5, 5.41) is 13.1. The molecular formula is C40H50F5N5O4. The number of halogens is 5. The third-order valence-electron chi connectivity index (χ3n) is 13.7. The number of nitrogens with one attached hydrogen (secondary N) is 1. The predicted molar refractivity (Wildman–Crippen MR) is 190 cm³/mol. The zero-order valence-corrected chi connectivity index (χ0v) is 31.0. The van der Waals surface area contributed by atoms with Crippen molar-refractivity contribution in [2.45, 2.75) is 126 Å². The van der Waals surface area contributed by atoms with Crippen LogP contribution in [0.4, 0.5) is 33.6 Å². The molecule has 0 radical (unpaired) electrons. The van der Waals surface area contributed by atoms with Crippen LogP contribution in [0.1, 0.15) is 119 Å². The van der Waals surface area contributed by atoms with Crippen molar-refractivity contribution in [3.05, 3.63) is 41.2 Å². The van der Waals surface area contributed by atoms with Gasteiger partial charge in [0.2, 0.25) is 5.95 Å². The number of amides is 1. The predicted octanol–water partition coefficient (Wildman–Crippen LogP) is 8.14. The molecule has 4 saturated carbocycles. The standard InChI is InChI=1S/C40H50F5N5O4/c1-24-14-25-16-26(15-24)39(18-25,34(52)53)48-33(51)29-19-46-35(47-32(29)36(2,41)42)50-22-38(10-4-3-5-11-38)30-17-28(6-7-31(30)50)54-27-8-12-37(13-9-27)20-49(21-37)23-40(43,44)45/h6-7,17,19,24-27H,3-5,8-16,18,20-23H2,1-2H3,(H,48,51)(H,52,53). The van der Waals surface area contributed by atoms with Crippen LogP contribution in [0.25, 0.3) is 0 Å². The molecule has 3 heterocycles. The minimum atomic E-state index is -4.18. The van der Waals surface area contributed by atoms with E-state index >= 15 is 8.78 Å². The average molecular weight is 760 g/mol. The monoisotopic (exact) mass is 759 g/mol. The smallest absolute Gasteiger partial charge is 0.401 e. The maximum absolute atomic E-state index is 15.4.